The number of nitrogens with zero attached hydrogens (tertiary/aromatic N) is 2. The van der Waals surface area contributed by atoms with Crippen molar-refractivity contribution in [2.75, 3.05) is 39.4 Å². The molecule has 1 aromatic rings. The van der Waals surface area contributed by atoms with E-state index >= 15 is 0 Å². The number of piperidine rings is 1. The number of amides is 3. The van der Waals surface area contributed by atoms with E-state index in [-0.39, 0.29) is 30.7 Å². The highest BCUT2D eigenvalue weighted by atomic mass is 35.5. The smallest absolute Gasteiger partial charge is 0.320 e. The van der Waals surface area contributed by atoms with Gasteiger partial charge in [-0.2, -0.15) is 0 Å². The second-order valence-electron chi connectivity index (χ2n) is 7.38. The Hall–Kier alpha value is -1.99. The van der Waals surface area contributed by atoms with Crippen LogP contribution < -0.4 is 10.1 Å². The minimum Gasteiger partial charge on any atom is -0.492 e. The highest BCUT2D eigenvalue weighted by Gasteiger charge is 2.38. The number of rotatable bonds is 3. The molecule has 8 heteroatoms. The first kappa shape index (κ1) is 18.4. The van der Waals surface area contributed by atoms with Crippen molar-refractivity contribution in [1.82, 2.24) is 15.1 Å². The van der Waals surface area contributed by atoms with E-state index in [0.717, 1.165) is 19.4 Å². The molecule has 3 fully saturated rings. The lowest BCUT2D eigenvalue weighted by molar-refractivity contribution is -0.139. The molecule has 1 aromatic carbocycles. The van der Waals surface area contributed by atoms with Crippen molar-refractivity contribution in [2.24, 2.45) is 5.92 Å². The number of para-hydroxylation sites is 1. The fourth-order valence-corrected chi connectivity index (χ4v) is 4.18. The summed E-state index contributed by atoms with van der Waals surface area (Å²) in [5, 5.41) is 3.54. The number of urea groups is 1. The highest BCUT2D eigenvalue weighted by molar-refractivity contribution is 6.32. The van der Waals surface area contributed by atoms with E-state index in [1.165, 1.54) is 0 Å². The number of likely N-dealkylation sites (tertiary alicyclic amines) is 2. The number of nitrogens with one attached hydrogen (secondary N) is 1. The van der Waals surface area contributed by atoms with Gasteiger partial charge in [0, 0.05) is 32.1 Å². The molecule has 0 aliphatic carbocycles. The molecule has 0 radical (unpaired) electrons. The Kier molecular flexibility index (Phi) is 5.41. The largest absolute Gasteiger partial charge is 0.492 e. The molecule has 3 aliphatic heterocycles. The third kappa shape index (κ3) is 4.14. The van der Waals surface area contributed by atoms with Gasteiger partial charge in [-0.15, -0.1) is 0 Å². The van der Waals surface area contributed by atoms with Crippen LogP contribution in [0.1, 0.15) is 12.8 Å². The van der Waals surface area contributed by atoms with Crippen LogP contribution >= 0.6 is 11.6 Å². The number of hydrogen-bond donors (Lipinski definition) is 1. The van der Waals surface area contributed by atoms with E-state index in [9.17, 15) is 9.59 Å². The molecule has 3 aliphatic rings. The van der Waals surface area contributed by atoms with Crippen LogP contribution in [0.3, 0.4) is 0 Å². The van der Waals surface area contributed by atoms with E-state index in [1.807, 2.05) is 28.0 Å². The van der Waals surface area contributed by atoms with Gasteiger partial charge in [-0.3, -0.25) is 4.79 Å². The van der Waals surface area contributed by atoms with Crippen LogP contribution in [-0.2, 0) is 9.53 Å². The van der Waals surface area contributed by atoms with Crippen molar-refractivity contribution >= 4 is 23.5 Å². The maximum atomic E-state index is 12.9. The SMILES string of the molecule is O=C1COC2CCN(C(=O)N3CCC(COc4ccccc4Cl)C3)CC2N1. The standard InChI is InChI=1S/C19H24ClN3O4/c20-14-3-1-2-4-16(14)26-11-13-5-7-22(9-13)19(25)23-8-6-17-15(10-23)21-18(24)12-27-17/h1-4,13,15,17H,5-12H2,(H,21,24). The molecule has 27 heavy (non-hydrogen) atoms. The van der Waals surface area contributed by atoms with Crippen molar-refractivity contribution in [2.45, 2.75) is 25.0 Å². The number of morpholine rings is 1. The van der Waals surface area contributed by atoms with E-state index in [4.69, 9.17) is 21.1 Å². The zero-order valence-electron chi connectivity index (χ0n) is 15.1. The van der Waals surface area contributed by atoms with Crippen molar-refractivity contribution in [3.63, 3.8) is 0 Å². The Bertz CT molecular complexity index is 716. The normalized spacial score (nSPS) is 27.9. The summed E-state index contributed by atoms with van der Waals surface area (Å²) in [6, 6.07) is 7.35. The first-order chi connectivity index (χ1) is 13.1. The summed E-state index contributed by atoms with van der Waals surface area (Å²) >= 11 is 6.12. The summed E-state index contributed by atoms with van der Waals surface area (Å²) in [5.74, 6) is 0.864. The molecule has 3 amide bonds. The number of fused-ring (bicyclic) bond motifs is 1. The van der Waals surface area contributed by atoms with Gasteiger partial charge in [0.2, 0.25) is 5.91 Å². The van der Waals surface area contributed by atoms with E-state index < -0.39 is 0 Å². The summed E-state index contributed by atoms with van der Waals surface area (Å²) in [6.45, 7) is 3.23. The average molecular weight is 394 g/mol. The Balaban J connectivity index is 1.28. The molecule has 3 heterocycles. The van der Waals surface area contributed by atoms with Gasteiger partial charge >= 0.3 is 6.03 Å². The van der Waals surface area contributed by atoms with Gasteiger partial charge in [-0.05, 0) is 25.0 Å². The van der Waals surface area contributed by atoms with Crippen molar-refractivity contribution in [3.8, 4) is 5.75 Å². The molecule has 0 aromatic heterocycles. The summed E-state index contributed by atoms with van der Waals surface area (Å²) in [5.41, 5.74) is 0. The highest BCUT2D eigenvalue weighted by Crippen LogP contribution is 2.26. The third-order valence-corrected chi connectivity index (χ3v) is 5.77. The minimum atomic E-state index is -0.108. The topological polar surface area (TPSA) is 71.1 Å². The van der Waals surface area contributed by atoms with Gasteiger partial charge in [-0.25, -0.2) is 4.79 Å². The molecular weight excluding hydrogens is 370 g/mol. The maximum absolute atomic E-state index is 12.9. The first-order valence-electron chi connectivity index (χ1n) is 9.42. The van der Waals surface area contributed by atoms with Crippen molar-refractivity contribution in [3.05, 3.63) is 29.3 Å². The molecule has 3 atom stereocenters. The van der Waals surface area contributed by atoms with Gasteiger partial charge in [0.15, 0.2) is 0 Å². The van der Waals surface area contributed by atoms with Crippen LogP contribution in [0.2, 0.25) is 5.02 Å². The van der Waals surface area contributed by atoms with Gasteiger partial charge in [0.05, 0.1) is 23.8 Å². The molecule has 3 saturated heterocycles. The number of halogens is 1. The molecule has 1 N–H and O–H groups in total. The zero-order chi connectivity index (χ0) is 18.8. The first-order valence-corrected chi connectivity index (χ1v) is 9.80. The predicted octanol–water partition coefficient (Wildman–Crippen LogP) is 1.75. The van der Waals surface area contributed by atoms with Crippen LogP contribution in [0.5, 0.6) is 5.75 Å². The fraction of sp³-hybridized carbons (Fsp3) is 0.579. The predicted molar refractivity (Wildman–Crippen MR) is 99.9 cm³/mol. The number of carbonyl (C=O) groups excluding carboxylic acids is 2. The molecule has 0 saturated carbocycles. The molecule has 146 valence electrons. The van der Waals surface area contributed by atoms with Crippen molar-refractivity contribution < 1.29 is 19.1 Å². The van der Waals surface area contributed by atoms with Crippen LogP contribution in [0, 0.1) is 5.92 Å². The van der Waals surface area contributed by atoms with Gasteiger partial charge in [0.1, 0.15) is 12.4 Å². The molecular formula is C19H24ClN3O4. The Morgan fingerprint density at radius 3 is 2.85 bits per heavy atom. The second kappa shape index (κ2) is 7.94. The summed E-state index contributed by atoms with van der Waals surface area (Å²) in [4.78, 5) is 28.1. The lowest BCUT2D eigenvalue weighted by atomic mass is 10.0. The quantitative estimate of drug-likeness (QED) is 0.849. The summed E-state index contributed by atoms with van der Waals surface area (Å²) < 4.78 is 11.4. The van der Waals surface area contributed by atoms with Gasteiger partial charge < -0.3 is 24.6 Å². The average Bonchev–Trinajstić information content (AvgIpc) is 3.15. The molecule has 3 unspecified atom stereocenters. The number of ether oxygens (including phenoxy) is 2. The second-order valence-corrected chi connectivity index (χ2v) is 7.79. The number of hydrogen-bond acceptors (Lipinski definition) is 4. The van der Waals surface area contributed by atoms with E-state index in [0.29, 0.717) is 42.9 Å². The summed E-state index contributed by atoms with van der Waals surface area (Å²) in [6.07, 6.45) is 1.68. The van der Waals surface area contributed by atoms with Crippen LogP contribution in [0.15, 0.2) is 24.3 Å². The lowest BCUT2D eigenvalue weighted by Crippen LogP contribution is -2.62. The molecule has 0 bridgehead atoms. The van der Waals surface area contributed by atoms with Crippen LogP contribution in [-0.4, -0.2) is 73.3 Å². The zero-order valence-corrected chi connectivity index (χ0v) is 15.9. The molecule has 0 spiro atoms. The monoisotopic (exact) mass is 393 g/mol. The van der Waals surface area contributed by atoms with Crippen molar-refractivity contribution in [1.29, 1.82) is 0 Å². The van der Waals surface area contributed by atoms with E-state index in [1.54, 1.807) is 6.07 Å². The minimum absolute atomic E-state index is 0.0158. The molecule has 4 rings (SSSR count). The Morgan fingerprint density at radius 1 is 1.22 bits per heavy atom. The third-order valence-electron chi connectivity index (χ3n) is 5.46. The maximum Gasteiger partial charge on any atom is 0.320 e. The Morgan fingerprint density at radius 2 is 2.00 bits per heavy atom. The van der Waals surface area contributed by atoms with Crippen LogP contribution in [0.4, 0.5) is 4.79 Å². The molecule has 7 nitrogen and oxygen atoms in total. The van der Waals surface area contributed by atoms with Crippen LogP contribution in [0.25, 0.3) is 0 Å². The fourth-order valence-electron chi connectivity index (χ4n) is 3.99. The van der Waals surface area contributed by atoms with Gasteiger partial charge in [0.25, 0.3) is 0 Å². The lowest BCUT2D eigenvalue weighted by Gasteiger charge is -2.42. The number of carbonyl (C=O) groups is 2. The summed E-state index contributed by atoms with van der Waals surface area (Å²) in [7, 11) is 0. The van der Waals surface area contributed by atoms with E-state index in [2.05, 4.69) is 5.32 Å². The Labute approximate surface area is 163 Å². The number of benzene rings is 1. The van der Waals surface area contributed by atoms with Gasteiger partial charge in [-0.1, -0.05) is 23.7 Å².